The topological polar surface area (TPSA) is 122 Å². The van der Waals surface area contributed by atoms with E-state index < -0.39 is 5.91 Å². The van der Waals surface area contributed by atoms with Gasteiger partial charge in [0.2, 0.25) is 5.96 Å². The first kappa shape index (κ1) is 13.7. The zero-order valence-electron chi connectivity index (χ0n) is 11.7. The van der Waals surface area contributed by atoms with Crippen LogP contribution in [0.15, 0.2) is 41.5 Å². The zero-order chi connectivity index (χ0) is 15.5. The molecule has 0 saturated carbocycles. The van der Waals surface area contributed by atoms with Crippen LogP contribution in [0.5, 0.6) is 0 Å². The molecule has 1 aromatic carbocycles. The number of carbonyl (C=O) groups excluding carboxylic acids is 1. The highest BCUT2D eigenvalue weighted by molar-refractivity contribution is 6.04. The van der Waals surface area contributed by atoms with Gasteiger partial charge in [0.1, 0.15) is 5.69 Å². The maximum atomic E-state index is 11.8. The number of benzene rings is 1. The van der Waals surface area contributed by atoms with E-state index in [2.05, 4.69) is 30.5 Å². The molecular weight excluding hydrogens is 282 g/mol. The van der Waals surface area contributed by atoms with E-state index in [1.807, 2.05) is 31.2 Å². The largest absolute Gasteiger partial charge is 0.369 e. The molecule has 8 nitrogen and oxygen atoms in total. The minimum absolute atomic E-state index is 0.0886. The second-order valence-electron chi connectivity index (χ2n) is 4.55. The molecule has 0 aliphatic rings. The normalized spacial score (nSPS) is 11.6. The van der Waals surface area contributed by atoms with Gasteiger partial charge in [0, 0.05) is 11.6 Å². The molecule has 4 N–H and O–H groups in total. The Kier molecular flexibility index (Phi) is 3.48. The fraction of sp³-hybridized carbons (Fsp3) is 0.0714. The molecule has 0 aliphatic carbocycles. The molecule has 0 aliphatic heterocycles. The molecule has 0 bridgehead atoms. The fourth-order valence-electron chi connectivity index (χ4n) is 1.97. The Morgan fingerprint density at radius 3 is 2.86 bits per heavy atom. The summed E-state index contributed by atoms with van der Waals surface area (Å²) in [6.07, 6.45) is 1.47. The van der Waals surface area contributed by atoms with Crippen LogP contribution in [0, 0.1) is 6.92 Å². The maximum Gasteiger partial charge on any atom is 0.275 e. The molecule has 3 aromatic rings. The van der Waals surface area contributed by atoms with E-state index in [-0.39, 0.29) is 17.6 Å². The highest BCUT2D eigenvalue weighted by atomic mass is 16.2. The number of hydrogen-bond acceptors (Lipinski definition) is 5. The molecule has 110 valence electrons. The molecule has 2 aromatic heterocycles. The van der Waals surface area contributed by atoms with Crippen molar-refractivity contribution in [3.63, 3.8) is 0 Å². The van der Waals surface area contributed by atoms with E-state index in [4.69, 9.17) is 5.73 Å². The van der Waals surface area contributed by atoms with Crippen LogP contribution < -0.4 is 11.1 Å². The van der Waals surface area contributed by atoms with E-state index in [1.54, 1.807) is 0 Å². The van der Waals surface area contributed by atoms with Crippen molar-refractivity contribution in [1.29, 1.82) is 0 Å². The first-order chi connectivity index (χ1) is 10.6. The van der Waals surface area contributed by atoms with Crippen molar-refractivity contribution in [2.45, 2.75) is 6.92 Å². The lowest BCUT2D eigenvalue weighted by Gasteiger charge is -2.04. The van der Waals surface area contributed by atoms with Crippen LogP contribution in [0.25, 0.3) is 10.9 Å². The number of nitrogens with two attached hydrogens (primary N) is 1. The molecule has 3 rings (SSSR count). The summed E-state index contributed by atoms with van der Waals surface area (Å²) >= 11 is 0. The molecule has 22 heavy (non-hydrogen) atoms. The van der Waals surface area contributed by atoms with Crippen molar-refractivity contribution < 1.29 is 4.79 Å². The van der Waals surface area contributed by atoms with Gasteiger partial charge in [0.05, 0.1) is 11.2 Å². The Morgan fingerprint density at radius 1 is 1.27 bits per heavy atom. The van der Waals surface area contributed by atoms with E-state index in [0.29, 0.717) is 0 Å². The summed E-state index contributed by atoms with van der Waals surface area (Å²) in [5.74, 6) is -0.329. The number of nitrogens with zero attached hydrogens (tertiary/aromatic N) is 4. The van der Waals surface area contributed by atoms with Gasteiger partial charge in [-0.05, 0) is 19.1 Å². The Balaban J connectivity index is 1.86. The molecule has 8 heteroatoms. The van der Waals surface area contributed by atoms with E-state index in [0.717, 1.165) is 16.6 Å². The van der Waals surface area contributed by atoms with Gasteiger partial charge in [0.15, 0.2) is 0 Å². The number of fused-ring (bicyclic) bond motifs is 1. The summed E-state index contributed by atoms with van der Waals surface area (Å²) in [5.41, 5.74) is 7.55. The molecule has 0 saturated heterocycles. The van der Waals surface area contributed by atoms with Crippen molar-refractivity contribution in [1.82, 2.24) is 25.5 Å². The van der Waals surface area contributed by atoms with Crippen molar-refractivity contribution in [2.75, 3.05) is 0 Å². The summed E-state index contributed by atoms with van der Waals surface area (Å²) in [6.45, 7) is 1.86. The third-order valence-electron chi connectivity index (χ3n) is 2.99. The van der Waals surface area contributed by atoms with Crippen LogP contribution in [0.4, 0.5) is 5.95 Å². The lowest BCUT2D eigenvalue weighted by Crippen LogP contribution is -2.36. The standard InChI is InChI=1S/C14H13N7O/c1-8-9-4-2-3-5-10(9)18-14(17-8)20-13(15)19-12(22)11-6-7-16-21-11/h2-7H,1H3,(H,16,21)(H3,15,17,18,19,20,22). The van der Waals surface area contributed by atoms with Crippen LogP contribution in [-0.4, -0.2) is 32.0 Å². The third-order valence-corrected chi connectivity index (χ3v) is 2.99. The Labute approximate surface area is 125 Å². The lowest BCUT2D eigenvalue weighted by molar-refractivity contribution is 0.0972. The summed E-state index contributed by atoms with van der Waals surface area (Å²) in [6, 6.07) is 9.12. The Hall–Kier alpha value is -3.29. The zero-order valence-corrected chi connectivity index (χ0v) is 11.7. The van der Waals surface area contributed by atoms with Crippen LogP contribution in [0.3, 0.4) is 0 Å². The van der Waals surface area contributed by atoms with Gasteiger partial charge >= 0.3 is 0 Å². The quantitative estimate of drug-likeness (QED) is 0.481. The average Bonchev–Trinajstić information content (AvgIpc) is 3.01. The van der Waals surface area contributed by atoms with Gasteiger partial charge in [-0.25, -0.2) is 9.97 Å². The second kappa shape index (κ2) is 5.60. The molecule has 0 atom stereocenters. The number of hydrogen-bond donors (Lipinski definition) is 3. The van der Waals surface area contributed by atoms with Crippen molar-refractivity contribution in [3.8, 4) is 0 Å². The first-order valence-corrected chi connectivity index (χ1v) is 6.52. The highest BCUT2D eigenvalue weighted by Gasteiger charge is 2.09. The van der Waals surface area contributed by atoms with Gasteiger partial charge in [0.25, 0.3) is 11.9 Å². The summed E-state index contributed by atoms with van der Waals surface area (Å²) < 4.78 is 0. The van der Waals surface area contributed by atoms with Gasteiger partial charge in [-0.15, -0.1) is 0 Å². The van der Waals surface area contributed by atoms with Gasteiger partial charge < -0.3 is 5.73 Å². The van der Waals surface area contributed by atoms with Crippen LogP contribution in [-0.2, 0) is 0 Å². The molecule has 0 radical (unpaired) electrons. The molecule has 1 amide bonds. The summed E-state index contributed by atoms with van der Waals surface area (Å²) in [4.78, 5) is 24.4. The van der Waals surface area contributed by atoms with Gasteiger partial charge in [-0.3, -0.25) is 15.2 Å². The SMILES string of the molecule is Cc1nc(N=C(N)NC(=O)c2ccn[nH]2)nc2ccccc12. The molecule has 0 spiro atoms. The maximum absolute atomic E-state index is 11.8. The van der Waals surface area contributed by atoms with Gasteiger partial charge in [-0.2, -0.15) is 10.1 Å². The predicted octanol–water partition coefficient (Wildman–Crippen LogP) is 1.04. The van der Waals surface area contributed by atoms with Gasteiger partial charge in [-0.1, -0.05) is 18.2 Å². The minimum atomic E-state index is -0.434. The number of H-pyrrole nitrogens is 1. The highest BCUT2D eigenvalue weighted by Crippen LogP contribution is 2.17. The average molecular weight is 295 g/mol. The van der Waals surface area contributed by atoms with Crippen molar-refractivity contribution in [3.05, 3.63) is 47.9 Å². The molecule has 2 heterocycles. The lowest BCUT2D eigenvalue weighted by atomic mass is 10.2. The number of nitrogens with one attached hydrogen (secondary N) is 2. The van der Waals surface area contributed by atoms with Crippen LogP contribution in [0.1, 0.15) is 16.2 Å². The Bertz CT molecular complexity index is 855. The fourth-order valence-corrected chi connectivity index (χ4v) is 1.97. The second-order valence-corrected chi connectivity index (χ2v) is 4.55. The van der Waals surface area contributed by atoms with E-state index in [9.17, 15) is 4.79 Å². The summed E-state index contributed by atoms with van der Waals surface area (Å²) in [5, 5.41) is 9.61. The first-order valence-electron chi connectivity index (χ1n) is 6.52. The minimum Gasteiger partial charge on any atom is -0.369 e. The van der Waals surface area contributed by atoms with E-state index >= 15 is 0 Å². The van der Waals surface area contributed by atoms with Crippen molar-refractivity contribution >= 4 is 28.7 Å². The number of aromatic amines is 1. The predicted molar refractivity (Wildman–Crippen MR) is 81.6 cm³/mol. The van der Waals surface area contributed by atoms with Crippen LogP contribution >= 0.6 is 0 Å². The number of carbonyl (C=O) groups is 1. The number of para-hydroxylation sites is 1. The number of rotatable bonds is 2. The summed E-state index contributed by atoms with van der Waals surface area (Å²) in [7, 11) is 0. The van der Waals surface area contributed by atoms with Crippen LogP contribution in [0.2, 0.25) is 0 Å². The molecule has 0 fully saturated rings. The third kappa shape index (κ3) is 2.75. The Morgan fingerprint density at radius 2 is 2.09 bits per heavy atom. The van der Waals surface area contributed by atoms with Crippen molar-refractivity contribution in [2.24, 2.45) is 10.7 Å². The number of aryl methyl sites for hydroxylation is 1. The number of amides is 1. The van der Waals surface area contributed by atoms with E-state index in [1.165, 1.54) is 12.3 Å². The smallest absolute Gasteiger partial charge is 0.275 e. The monoisotopic (exact) mass is 295 g/mol. The molecular formula is C14H13N7O. The number of guanidine groups is 1. The number of aromatic nitrogens is 4. The number of aliphatic imine (C=N–C) groups is 1. The molecule has 0 unspecified atom stereocenters.